The lowest BCUT2D eigenvalue weighted by Gasteiger charge is -2.23. The molecule has 0 saturated heterocycles. The maximum absolute atomic E-state index is 2.42. The largest absolute Gasteiger partial charge is 0.0616 e. The van der Waals surface area contributed by atoms with Crippen molar-refractivity contribution in [1.29, 1.82) is 0 Å². The molecule has 0 spiro atoms. The van der Waals surface area contributed by atoms with E-state index in [2.05, 4.69) is 196 Å². The van der Waals surface area contributed by atoms with Crippen LogP contribution < -0.4 is 0 Å². The first kappa shape index (κ1) is 30.2. The van der Waals surface area contributed by atoms with E-state index in [0.717, 1.165) is 0 Å². The minimum atomic E-state index is -0.0542. The summed E-state index contributed by atoms with van der Waals surface area (Å²) < 4.78 is 0. The van der Waals surface area contributed by atoms with E-state index in [1.54, 1.807) is 0 Å². The van der Waals surface area contributed by atoms with Crippen LogP contribution in [0.2, 0.25) is 0 Å². The molecule has 11 rings (SSSR count). The lowest BCUT2D eigenvalue weighted by molar-refractivity contribution is 0.666. The molecule has 0 heterocycles. The van der Waals surface area contributed by atoms with Crippen LogP contribution in [0, 0.1) is 0 Å². The SMILES string of the molecule is CC1(C)c2ccc(-c3ccc(-c4c5ccccc5c(-c5cc6ccccc6c6ccccc56)c5ccccc45)cc3)cc2-c2ccc3ccccc3c21. The summed E-state index contributed by atoms with van der Waals surface area (Å²) in [5.74, 6) is 0. The molecule has 0 N–H and O–H groups in total. The molecule has 1 aliphatic carbocycles. The van der Waals surface area contributed by atoms with E-state index < -0.39 is 0 Å². The van der Waals surface area contributed by atoms with Crippen molar-refractivity contribution >= 4 is 53.9 Å². The first-order valence-corrected chi connectivity index (χ1v) is 18.7. The van der Waals surface area contributed by atoms with Crippen molar-refractivity contribution in [3.8, 4) is 44.5 Å². The quantitative estimate of drug-likeness (QED) is 0.129. The van der Waals surface area contributed by atoms with Gasteiger partial charge in [0.2, 0.25) is 0 Å². The summed E-state index contributed by atoms with van der Waals surface area (Å²) in [4.78, 5) is 0. The van der Waals surface area contributed by atoms with Gasteiger partial charge in [-0.05, 0) is 122 Å². The topological polar surface area (TPSA) is 0 Å². The van der Waals surface area contributed by atoms with Gasteiger partial charge in [0, 0.05) is 5.41 Å². The summed E-state index contributed by atoms with van der Waals surface area (Å²) in [5.41, 5.74) is 13.1. The summed E-state index contributed by atoms with van der Waals surface area (Å²) in [6, 6.07) is 67.8. The fourth-order valence-electron chi connectivity index (χ4n) is 9.62. The Hall–Kier alpha value is -6.50. The first-order chi connectivity index (χ1) is 26.1. The van der Waals surface area contributed by atoms with Crippen molar-refractivity contribution < 1.29 is 0 Å². The highest BCUT2D eigenvalue weighted by molar-refractivity contribution is 6.25. The minimum absolute atomic E-state index is 0.0542. The average molecular weight is 673 g/mol. The number of hydrogen-bond acceptors (Lipinski definition) is 0. The molecule has 0 atom stereocenters. The molecule has 0 fully saturated rings. The lowest BCUT2D eigenvalue weighted by atomic mass is 9.80. The molecule has 0 saturated carbocycles. The average Bonchev–Trinajstić information content (AvgIpc) is 3.45. The number of hydrogen-bond donors (Lipinski definition) is 0. The molecule has 0 amide bonds. The second kappa shape index (κ2) is 11.2. The Kier molecular flexibility index (Phi) is 6.40. The van der Waals surface area contributed by atoms with Crippen LogP contribution in [0.3, 0.4) is 0 Å². The monoisotopic (exact) mass is 672 g/mol. The maximum atomic E-state index is 2.42. The van der Waals surface area contributed by atoms with Gasteiger partial charge in [-0.2, -0.15) is 0 Å². The first-order valence-electron chi connectivity index (χ1n) is 18.7. The van der Waals surface area contributed by atoms with E-state index in [1.807, 2.05) is 0 Å². The Morgan fingerprint density at radius 3 is 1.49 bits per heavy atom. The third kappa shape index (κ3) is 4.36. The van der Waals surface area contributed by atoms with Crippen LogP contribution in [0.15, 0.2) is 182 Å². The van der Waals surface area contributed by atoms with Gasteiger partial charge >= 0.3 is 0 Å². The van der Waals surface area contributed by atoms with Crippen LogP contribution in [-0.2, 0) is 5.41 Å². The van der Waals surface area contributed by atoms with Crippen LogP contribution >= 0.6 is 0 Å². The molecule has 10 aromatic carbocycles. The zero-order chi connectivity index (χ0) is 35.3. The molecule has 53 heavy (non-hydrogen) atoms. The fraction of sp³-hybridized carbons (Fsp3) is 0.0566. The Morgan fingerprint density at radius 1 is 0.302 bits per heavy atom. The predicted molar refractivity (Wildman–Crippen MR) is 228 cm³/mol. The summed E-state index contributed by atoms with van der Waals surface area (Å²) in [5, 5.41) is 12.9. The molecule has 0 unspecified atom stereocenters. The van der Waals surface area contributed by atoms with E-state index in [-0.39, 0.29) is 5.41 Å². The summed E-state index contributed by atoms with van der Waals surface area (Å²) in [6.07, 6.45) is 0. The number of rotatable bonds is 3. The van der Waals surface area contributed by atoms with E-state index in [9.17, 15) is 0 Å². The summed E-state index contributed by atoms with van der Waals surface area (Å²) in [6.45, 7) is 4.75. The van der Waals surface area contributed by atoms with Gasteiger partial charge in [0.15, 0.2) is 0 Å². The van der Waals surface area contributed by atoms with E-state index in [4.69, 9.17) is 0 Å². The molecular formula is C53H36. The second-order valence-electron chi connectivity index (χ2n) is 15.2. The molecule has 0 aliphatic heterocycles. The molecule has 248 valence electrons. The summed E-state index contributed by atoms with van der Waals surface area (Å²) in [7, 11) is 0. The molecule has 0 nitrogen and oxygen atoms in total. The highest BCUT2D eigenvalue weighted by Crippen LogP contribution is 2.52. The normalized spacial score (nSPS) is 13.2. The van der Waals surface area contributed by atoms with Crippen molar-refractivity contribution in [2.75, 3.05) is 0 Å². The fourth-order valence-corrected chi connectivity index (χ4v) is 9.62. The van der Waals surface area contributed by atoms with Gasteiger partial charge in [-0.3, -0.25) is 0 Å². The van der Waals surface area contributed by atoms with Crippen LogP contribution in [0.1, 0.15) is 25.0 Å². The van der Waals surface area contributed by atoms with Crippen LogP contribution in [0.4, 0.5) is 0 Å². The molecule has 10 aromatic rings. The second-order valence-corrected chi connectivity index (χ2v) is 15.2. The van der Waals surface area contributed by atoms with E-state index >= 15 is 0 Å². The van der Waals surface area contributed by atoms with Gasteiger partial charge in [-0.15, -0.1) is 0 Å². The van der Waals surface area contributed by atoms with Gasteiger partial charge < -0.3 is 0 Å². The number of fused-ring (bicyclic) bond motifs is 10. The van der Waals surface area contributed by atoms with Crippen molar-refractivity contribution in [3.05, 3.63) is 193 Å². The highest BCUT2D eigenvalue weighted by Gasteiger charge is 2.37. The van der Waals surface area contributed by atoms with Crippen LogP contribution in [0.25, 0.3) is 98.4 Å². The van der Waals surface area contributed by atoms with Gasteiger partial charge in [0.05, 0.1) is 0 Å². The van der Waals surface area contributed by atoms with Crippen molar-refractivity contribution in [1.82, 2.24) is 0 Å². The van der Waals surface area contributed by atoms with Gasteiger partial charge in [0.25, 0.3) is 0 Å². The molecular weight excluding hydrogens is 637 g/mol. The molecule has 0 radical (unpaired) electrons. The Balaban J connectivity index is 1.08. The van der Waals surface area contributed by atoms with Gasteiger partial charge in [0.1, 0.15) is 0 Å². The predicted octanol–water partition coefficient (Wildman–Crippen LogP) is 14.8. The third-order valence-electron chi connectivity index (χ3n) is 12.0. The van der Waals surface area contributed by atoms with E-state index in [1.165, 1.54) is 109 Å². The molecule has 0 aromatic heterocycles. The van der Waals surface area contributed by atoms with Crippen molar-refractivity contribution in [2.45, 2.75) is 19.3 Å². The third-order valence-corrected chi connectivity index (χ3v) is 12.0. The zero-order valence-corrected chi connectivity index (χ0v) is 29.8. The maximum Gasteiger partial charge on any atom is 0.0165 e. The Labute approximate surface area is 309 Å². The molecule has 1 aliphatic rings. The van der Waals surface area contributed by atoms with E-state index in [0.29, 0.717) is 0 Å². The number of benzene rings is 10. The van der Waals surface area contributed by atoms with Crippen molar-refractivity contribution in [3.63, 3.8) is 0 Å². The van der Waals surface area contributed by atoms with Crippen LogP contribution in [-0.4, -0.2) is 0 Å². The summed E-state index contributed by atoms with van der Waals surface area (Å²) >= 11 is 0. The zero-order valence-electron chi connectivity index (χ0n) is 29.8. The Morgan fingerprint density at radius 2 is 0.811 bits per heavy atom. The van der Waals surface area contributed by atoms with Gasteiger partial charge in [-0.25, -0.2) is 0 Å². The molecule has 0 bridgehead atoms. The standard InChI is InChI=1S/C53H36/c1-53(2)49-30-28-36(31-47(49)46-29-27-34-13-3-6-16-39(34)52(46)53)33-23-25-35(26-24-33)50-42-19-9-11-21-44(42)51(45-22-12-10-20-43(45)50)48-32-37-14-4-5-15-38(37)40-17-7-8-18-41(40)48/h3-32H,1-2H3. The highest BCUT2D eigenvalue weighted by atomic mass is 14.4. The minimum Gasteiger partial charge on any atom is -0.0616 e. The smallest absolute Gasteiger partial charge is 0.0165 e. The van der Waals surface area contributed by atoms with Gasteiger partial charge in [-0.1, -0.05) is 184 Å². The Bertz CT molecular complexity index is 3060. The lowest BCUT2D eigenvalue weighted by Crippen LogP contribution is -2.15. The van der Waals surface area contributed by atoms with Crippen LogP contribution in [0.5, 0.6) is 0 Å². The van der Waals surface area contributed by atoms with Crippen molar-refractivity contribution in [2.24, 2.45) is 0 Å². The molecule has 0 heteroatoms.